The van der Waals surface area contributed by atoms with Crippen molar-refractivity contribution in [2.24, 2.45) is 0 Å². The molecule has 1 aromatic carbocycles. The number of carbonyl (C=O) groups is 1. The molecule has 0 unspecified atom stereocenters. The highest BCUT2D eigenvalue weighted by atomic mass is 79.9. The van der Waals surface area contributed by atoms with Crippen molar-refractivity contribution in [1.29, 1.82) is 0 Å². The second-order valence-corrected chi connectivity index (χ2v) is 4.67. The van der Waals surface area contributed by atoms with Gasteiger partial charge in [0.05, 0.1) is 18.9 Å². The zero-order valence-corrected chi connectivity index (χ0v) is 12.1. The molecule has 0 heterocycles. The van der Waals surface area contributed by atoms with Gasteiger partial charge in [-0.25, -0.2) is 9.18 Å². The molecule has 1 aromatic rings. The smallest absolute Gasteiger partial charge is 0.322 e. The van der Waals surface area contributed by atoms with Crippen LogP contribution in [0.15, 0.2) is 22.7 Å². The van der Waals surface area contributed by atoms with E-state index in [0.717, 1.165) is 0 Å². The second-order valence-electron chi connectivity index (χ2n) is 3.76. The number of methoxy groups -OCH3 is 1. The molecule has 2 N–H and O–H groups in total. The third kappa shape index (κ3) is 5.14. The van der Waals surface area contributed by atoms with Gasteiger partial charge in [0.15, 0.2) is 0 Å². The fourth-order valence-corrected chi connectivity index (χ4v) is 1.79. The van der Waals surface area contributed by atoms with E-state index in [2.05, 4.69) is 21.2 Å². The van der Waals surface area contributed by atoms with E-state index in [1.54, 1.807) is 6.07 Å². The molecule has 0 aliphatic heterocycles. The number of rotatable bonds is 6. The average Bonchev–Trinajstić information content (AvgIpc) is 2.38. The second kappa shape index (κ2) is 8.08. The lowest BCUT2D eigenvalue weighted by atomic mass is 10.3. The van der Waals surface area contributed by atoms with Crippen molar-refractivity contribution in [3.63, 3.8) is 0 Å². The topological polar surface area (TPSA) is 61.8 Å². The third-order valence-electron chi connectivity index (χ3n) is 2.39. The number of nitrogens with one attached hydrogen (secondary N) is 1. The number of anilines is 1. The van der Waals surface area contributed by atoms with E-state index in [9.17, 15) is 9.18 Å². The summed E-state index contributed by atoms with van der Waals surface area (Å²) in [5, 5.41) is 11.4. The lowest BCUT2D eigenvalue weighted by Gasteiger charge is -2.22. The molecular formula is C12H16BrFN2O3. The number of hydrogen-bond acceptors (Lipinski definition) is 3. The molecule has 0 aromatic heterocycles. The highest BCUT2D eigenvalue weighted by molar-refractivity contribution is 9.10. The largest absolute Gasteiger partial charge is 0.395 e. The van der Waals surface area contributed by atoms with Crippen LogP contribution in [0.25, 0.3) is 0 Å². The molecule has 0 radical (unpaired) electrons. The van der Waals surface area contributed by atoms with E-state index in [1.807, 2.05) is 0 Å². The van der Waals surface area contributed by atoms with E-state index in [1.165, 1.54) is 24.1 Å². The maximum Gasteiger partial charge on any atom is 0.322 e. The van der Waals surface area contributed by atoms with Crippen molar-refractivity contribution >= 4 is 27.6 Å². The number of benzene rings is 1. The minimum atomic E-state index is -0.521. The summed E-state index contributed by atoms with van der Waals surface area (Å²) < 4.78 is 19.0. The van der Waals surface area contributed by atoms with Gasteiger partial charge in [0.25, 0.3) is 0 Å². The van der Waals surface area contributed by atoms with Gasteiger partial charge in [-0.3, -0.25) is 0 Å². The Morgan fingerprint density at radius 3 is 2.89 bits per heavy atom. The molecule has 0 saturated carbocycles. The van der Waals surface area contributed by atoms with Crippen molar-refractivity contribution in [3.05, 3.63) is 28.5 Å². The van der Waals surface area contributed by atoms with Crippen LogP contribution in [0.5, 0.6) is 0 Å². The molecule has 106 valence electrons. The number of halogens is 2. The SMILES string of the molecule is COCCN(CCO)C(=O)Nc1cc(Br)ccc1F. The van der Waals surface area contributed by atoms with Gasteiger partial charge in [-0.1, -0.05) is 15.9 Å². The molecule has 19 heavy (non-hydrogen) atoms. The average molecular weight is 335 g/mol. The zero-order chi connectivity index (χ0) is 14.3. The Morgan fingerprint density at radius 2 is 2.26 bits per heavy atom. The maximum absolute atomic E-state index is 13.5. The molecule has 1 rings (SSSR count). The predicted molar refractivity (Wildman–Crippen MR) is 73.7 cm³/mol. The first-order valence-electron chi connectivity index (χ1n) is 5.69. The van der Waals surface area contributed by atoms with Gasteiger partial charge in [0.1, 0.15) is 5.82 Å². The normalized spacial score (nSPS) is 10.3. The number of urea groups is 1. The fraction of sp³-hybridized carbons (Fsp3) is 0.417. The molecule has 0 fully saturated rings. The molecule has 7 heteroatoms. The molecule has 0 bridgehead atoms. The Labute approximate surface area is 119 Å². The molecule has 2 amide bonds. The summed E-state index contributed by atoms with van der Waals surface area (Å²) in [7, 11) is 1.52. The summed E-state index contributed by atoms with van der Waals surface area (Å²) in [6, 6.07) is 3.79. The molecule has 0 aliphatic carbocycles. The summed E-state index contributed by atoms with van der Waals surface area (Å²) in [4.78, 5) is 13.3. The van der Waals surface area contributed by atoms with Gasteiger partial charge in [-0.2, -0.15) is 0 Å². The summed E-state index contributed by atoms with van der Waals surface area (Å²) in [5.74, 6) is -0.521. The molecule has 0 atom stereocenters. The monoisotopic (exact) mass is 334 g/mol. The number of nitrogens with zero attached hydrogens (tertiary/aromatic N) is 1. The van der Waals surface area contributed by atoms with E-state index in [-0.39, 0.29) is 18.8 Å². The lowest BCUT2D eigenvalue weighted by molar-refractivity contribution is 0.142. The van der Waals surface area contributed by atoms with Crippen molar-refractivity contribution in [3.8, 4) is 0 Å². The van der Waals surface area contributed by atoms with Gasteiger partial charge >= 0.3 is 6.03 Å². The molecular weight excluding hydrogens is 319 g/mol. The lowest BCUT2D eigenvalue weighted by Crippen LogP contribution is -2.39. The van der Waals surface area contributed by atoms with Crippen LogP contribution in [0.2, 0.25) is 0 Å². The number of amides is 2. The van der Waals surface area contributed by atoms with Crippen molar-refractivity contribution in [2.45, 2.75) is 0 Å². The van der Waals surface area contributed by atoms with Gasteiger partial charge in [-0.05, 0) is 18.2 Å². The van der Waals surface area contributed by atoms with Crippen molar-refractivity contribution in [2.75, 3.05) is 38.7 Å². The van der Waals surface area contributed by atoms with E-state index >= 15 is 0 Å². The van der Waals surface area contributed by atoms with Crippen LogP contribution in [0.1, 0.15) is 0 Å². The minimum Gasteiger partial charge on any atom is -0.395 e. The predicted octanol–water partition coefficient (Wildman–Crippen LogP) is 2.06. The quantitative estimate of drug-likeness (QED) is 0.837. The summed E-state index contributed by atoms with van der Waals surface area (Å²) >= 11 is 3.20. The Balaban J connectivity index is 2.71. The molecule has 0 aliphatic rings. The van der Waals surface area contributed by atoms with Crippen molar-refractivity contribution < 1.29 is 19.0 Å². The number of hydrogen-bond donors (Lipinski definition) is 2. The van der Waals surface area contributed by atoms with Crippen LogP contribution in [-0.4, -0.2) is 49.5 Å². The molecule has 5 nitrogen and oxygen atoms in total. The van der Waals surface area contributed by atoms with Crippen molar-refractivity contribution in [1.82, 2.24) is 4.90 Å². The van der Waals surface area contributed by atoms with Gasteiger partial charge in [0.2, 0.25) is 0 Å². The van der Waals surface area contributed by atoms with E-state index in [4.69, 9.17) is 9.84 Å². The van der Waals surface area contributed by atoms with Gasteiger partial charge < -0.3 is 20.1 Å². The Hall–Kier alpha value is -1.18. The summed E-state index contributed by atoms with van der Waals surface area (Å²) in [6.07, 6.45) is 0. The van der Waals surface area contributed by atoms with E-state index < -0.39 is 11.8 Å². The summed E-state index contributed by atoms with van der Waals surface area (Å²) in [6.45, 7) is 0.649. The van der Waals surface area contributed by atoms with Gasteiger partial charge in [-0.15, -0.1) is 0 Å². The first-order valence-corrected chi connectivity index (χ1v) is 6.48. The third-order valence-corrected chi connectivity index (χ3v) is 2.89. The fourth-order valence-electron chi connectivity index (χ4n) is 1.42. The molecule has 0 spiro atoms. The first kappa shape index (κ1) is 15.9. The molecule has 0 saturated heterocycles. The number of carbonyl (C=O) groups excluding carboxylic acids is 1. The standard InChI is InChI=1S/C12H16BrFN2O3/c1-19-7-5-16(4-6-17)12(18)15-11-8-9(13)2-3-10(11)14/h2-3,8,17H,4-7H2,1H3,(H,15,18). The highest BCUT2D eigenvalue weighted by Crippen LogP contribution is 2.20. The summed E-state index contributed by atoms with van der Waals surface area (Å²) in [5.41, 5.74) is 0.0831. The van der Waals surface area contributed by atoms with Crippen LogP contribution in [0, 0.1) is 5.82 Å². The van der Waals surface area contributed by atoms with Gasteiger partial charge in [0, 0.05) is 24.7 Å². The number of ether oxygens (including phenoxy) is 1. The number of aliphatic hydroxyl groups excluding tert-OH is 1. The number of aliphatic hydroxyl groups is 1. The first-order chi connectivity index (χ1) is 9.08. The maximum atomic E-state index is 13.5. The zero-order valence-electron chi connectivity index (χ0n) is 10.5. The van der Waals surface area contributed by atoms with Crippen LogP contribution in [-0.2, 0) is 4.74 Å². The Kier molecular flexibility index (Phi) is 6.75. The highest BCUT2D eigenvalue weighted by Gasteiger charge is 2.14. The Morgan fingerprint density at radius 1 is 1.53 bits per heavy atom. The van der Waals surface area contributed by atoms with E-state index in [0.29, 0.717) is 17.6 Å². The van der Waals surface area contributed by atoms with Crippen LogP contribution < -0.4 is 5.32 Å². The van der Waals surface area contributed by atoms with Crippen LogP contribution in [0.3, 0.4) is 0 Å². The Bertz CT molecular complexity index is 431. The van der Waals surface area contributed by atoms with Crippen LogP contribution in [0.4, 0.5) is 14.9 Å². The minimum absolute atomic E-state index is 0.0831. The van der Waals surface area contributed by atoms with Crippen LogP contribution >= 0.6 is 15.9 Å².